The van der Waals surface area contributed by atoms with Gasteiger partial charge in [0.05, 0.1) is 18.3 Å². The van der Waals surface area contributed by atoms with Crippen LogP contribution in [0.4, 0.5) is 0 Å². The van der Waals surface area contributed by atoms with Crippen LogP contribution in [0.15, 0.2) is 0 Å². The zero-order valence-electron chi connectivity index (χ0n) is 8.65. The van der Waals surface area contributed by atoms with Gasteiger partial charge in [-0.05, 0) is 0 Å². The summed E-state index contributed by atoms with van der Waals surface area (Å²) < 4.78 is 10.6. The minimum atomic E-state index is -0.317. The fourth-order valence-electron chi connectivity index (χ4n) is 1.77. The average molecular weight is 268 g/mol. The van der Waals surface area contributed by atoms with Gasteiger partial charge in [-0.3, -0.25) is 4.90 Å². The Morgan fingerprint density at radius 1 is 1.36 bits per heavy atom. The van der Waals surface area contributed by atoms with E-state index in [9.17, 15) is 5.11 Å². The first-order chi connectivity index (χ1) is 6.71. The Labute approximate surface area is 93.3 Å². The van der Waals surface area contributed by atoms with E-state index >= 15 is 0 Å². The van der Waals surface area contributed by atoms with Crippen molar-refractivity contribution >= 4 is 15.9 Å². The van der Waals surface area contributed by atoms with Crippen molar-refractivity contribution < 1.29 is 14.6 Å². The zero-order chi connectivity index (χ0) is 10.6. The van der Waals surface area contributed by atoms with Gasteiger partial charge in [0.2, 0.25) is 0 Å². The molecule has 1 aliphatic heterocycles. The van der Waals surface area contributed by atoms with Gasteiger partial charge in [0.15, 0.2) is 0 Å². The van der Waals surface area contributed by atoms with Crippen LogP contribution in [-0.4, -0.2) is 67.5 Å². The fraction of sp³-hybridized carbons (Fsp3) is 1.00. The number of hydrogen-bond donors (Lipinski definition) is 1. The summed E-state index contributed by atoms with van der Waals surface area (Å²) in [6, 6.07) is 0. The van der Waals surface area contributed by atoms with Crippen molar-refractivity contribution in [2.45, 2.75) is 18.3 Å². The molecule has 84 valence electrons. The molecule has 0 bridgehead atoms. The van der Waals surface area contributed by atoms with Crippen LogP contribution in [0.5, 0.6) is 0 Å². The van der Waals surface area contributed by atoms with E-state index in [0.717, 1.165) is 13.1 Å². The van der Waals surface area contributed by atoms with Crippen molar-refractivity contribution in [1.29, 1.82) is 0 Å². The summed E-state index contributed by atoms with van der Waals surface area (Å²) in [6.07, 6.45) is -0.0619. The van der Waals surface area contributed by atoms with E-state index in [1.165, 1.54) is 0 Å². The topological polar surface area (TPSA) is 41.9 Å². The molecular formula is C9H18BrNO3. The molecule has 3 atom stereocenters. The summed E-state index contributed by atoms with van der Waals surface area (Å²) in [7, 11) is 3.39. The summed E-state index contributed by atoms with van der Waals surface area (Å²) in [4.78, 5) is 2.16. The number of alkyl halides is 1. The van der Waals surface area contributed by atoms with Gasteiger partial charge in [-0.1, -0.05) is 15.9 Å². The molecule has 0 saturated carbocycles. The second-order valence-corrected chi connectivity index (χ2v) is 4.22. The number of halogens is 1. The highest BCUT2D eigenvalue weighted by atomic mass is 79.9. The highest BCUT2D eigenvalue weighted by Crippen LogP contribution is 2.15. The third-order valence-electron chi connectivity index (χ3n) is 2.54. The van der Waals surface area contributed by atoms with Gasteiger partial charge >= 0.3 is 0 Å². The lowest BCUT2D eigenvalue weighted by molar-refractivity contribution is -0.00461. The van der Waals surface area contributed by atoms with E-state index in [1.807, 2.05) is 0 Å². The van der Waals surface area contributed by atoms with Gasteiger partial charge in [-0.15, -0.1) is 0 Å². The molecule has 1 fully saturated rings. The highest BCUT2D eigenvalue weighted by molar-refractivity contribution is 9.09. The fourth-order valence-corrected chi connectivity index (χ4v) is 1.97. The van der Waals surface area contributed by atoms with Crippen LogP contribution in [0.25, 0.3) is 0 Å². The minimum Gasteiger partial charge on any atom is -0.391 e. The molecule has 0 radical (unpaired) electrons. The molecule has 4 nitrogen and oxygen atoms in total. The van der Waals surface area contributed by atoms with Gasteiger partial charge < -0.3 is 14.6 Å². The third-order valence-corrected chi connectivity index (χ3v) is 3.29. The summed E-state index contributed by atoms with van der Waals surface area (Å²) in [6.45, 7) is 2.34. The Balaban J connectivity index is 2.37. The van der Waals surface area contributed by atoms with Crippen LogP contribution in [0.3, 0.4) is 0 Å². The van der Waals surface area contributed by atoms with Crippen LogP contribution < -0.4 is 0 Å². The van der Waals surface area contributed by atoms with Crippen molar-refractivity contribution in [2.75, 3.05) is 39.2 Å². The molecule has 0 amide bonds. The van der Waals surface area contributed by atoms with E-state index < -0.39 is 0 Å². The molecule has 0 aromatic rings. The summed E-state index contributed by atoms with van der Waals surface area (Å²) >= 11 is 3.25. The van der Waals surface area contributed by atoms with Crippen molar-refractivity contribution in [1.82, 2.24) is 4.90 Å². The van der Waals surface area contributed by atoms with Crippen LogP contribution in [-0.2, 0) is 9.47 Å². The molecule has 1 heterocycles. The quantitative estimate of drug-likeness (QED) is 0.717. The number of aliphatic hydroxyl groups excluding tert-OH is 1. The van der Waals surface area contributed by atoms with E-state index in [4.69, 9.17) is 9.47 Å². The third kappa shape index (κ3) is 3.17. The van der Waals surface area contributed by atoms with Gasteiger partial charge in [0.1, 0.15) is 0 Å². The standard InChI is InChI=1S/C9H18BrNO3/c1-13-8-5-11(4-7(12)3-10)6-9(8)14-2/h7-9,12H,3-6H2,1-2H3. The molecule has 0 aromatic carbocycles. The molecule has 3 unspecified atom stereocenters. The predicted octanol–water partition coefficient (Wildman–Crippen LogP) is 0.0878. The van der Waals surface area contributed by atoms with Crippen molar-refractivity contribution in [3.05, 3.63) is 0 Å². The number of methoxy groups -OCH3 is 2. The number of hydrogen-bond acceptors (Lipinski definition) is 4. The Morgan fingerprint density at radius 3 is 2.21 bits per heavy atom. The Hall–Kier alpha value is 0.320. The largest absolute Gasteiger partial charge is 0.391 e. The van der Waals surface area contributed by atoms with Gasteiger partial charge in [0, 0.05) is 39.2 Å². The molecule has 14 heavy (non-hydrogen) atoms. The smallest absolute Gasteiger partial charge is 0.0971 e. The van der Waals surface area contributed by atoms with Crippen LogP contribution in [0.2, 0.25) is 0 Å². The summed E-state index contributed by atoms with van der Waals surface area (Å²) in [5, 5.41) is 10.1. The summed E-state index contributed by atoms with van der Waals surface area (Å²) in [5.74, 6) is 0. The maximum atomic E-state index is 9.47. The molecule has 1 N–H and O–H groups in total. The first-order valence-electron chi connectivity index (χ1n) is 4.73. The minimum absolute atomic E-state index is 0.127. The molecule has 0 aliphatic carbocycles. The molecule has 1 rings (SSSR count). The molecule has 0 spiro atoms. The lowest BCUT2D eigenvalue weighted by atomic mass is 10.3. The number of aliphatic hydroxyl groups is 1. The summed E-state index contributed by atoms with van der Waals surface area (Å²) in [5.41, 5.74) is 0. The van der Waals surface area contributed by atoms with E-state index in [0.29, 0.717) is 11.9 Å². The SMILES string of the molecule is COC1CN(CC(O)CBr)CC1OC. The number of likely N-dealkylation sites (tertiary alicyclic amines) is 1. The Kier molecular flexibility index (Phi) is 5.33. The van der Waals surface area contributed by atoms with Crippen LogP contribution >= 0.6 is 15.9 Å². The second-order valence-electron chi connectivity index (χ2n) is 3.57. The van der Waals surface area contributed by atoms with E-state index in [2.05, 4.69) is 20.8 Å². The average Bonchev–Trinajstić information content (AvgIpc) is 2.59. The van der Waals surface area contributed by atoms with Crippen LogP contribution in [0, 0.1) is 0 Å². The number of rotatable bonds is 5. The predicted molar refractivity (Wildman–Crippen MR) is 57.8 cm³/mol. The van der Waals surface area contributed by atoms with E-state index in [-0.39, 0.29) is 18.3 Å². The lowest BCUT2D eigenvalue weighted by Crippen LogP contribution is -2.32. The van der Waals surface area contributed by atoms with Gasteiger partial charge in [-0.2, -0.15) is 0 Å². The van der Waals surface area contributed by atoms with Gasteiger partial charge in [-0.25, -0.2) is 0 Å². The molecule has 1 aliphatic rings. The molecular weight excluding hydrogens is 250 g/mol. The number of ether oxygens (including phenoxy) is 2. The van der Waals surface area contributed by atoms with Crippen LogP contribution in [0.1, 0.15) is 0 Å². The molecule has 5 heteroatoms. The second kappa shape index (κ2) is 6.02. The maximum absolute atomic E-state index is 9.47. The maximum Gasteiger partial charge on any atom is 0.0971 e. The van der Waals surface area contributed by atoms with Crippen molar-refractivity contribution in [3.63, 3.8) is 0 Å². The normalized spacial score (nSPS) is 30.9. The highest BCUT2D eigenvalue weighted by Gasteiger charge is 2.33. The van der Waals surface area contributed by atoms with Gasteiger partial charge in [0.25, 0.3) is 0 Å². The Bertz CT molecular complexity index is 158. The van der Waals surface area contributed by atoms with E-state index in [1.54, 1.807) is 14.2 Å². The molecule has 1 saturated heterocycles. The first-order valence-corrected chi connectivity index (χ1v) is 5.85. The Morgan fingerprint density at radius 2 is 1.86 bits per heavy atom. The first kappa shape index (κ1) is 12.4. The lowest BCUT2D eigenvalue weighted by Gasteiger charge is -2.17. The zero-order valence-corrected chi connectivity index (χ0v) is 10.2. The number of β-amino-alcohol motifs (C(OH)–C–C–N with tert-alkyl or cyclic N) is 1. The molecule has 0 aromatic heterocycles. The van der Waals surface area contributed by atoms with Crippen molar-refractivity contribution in [3.8, 4) is 0 Å². The monoisotopic (exact) mass is 267 g/mol. The van der Waals surface area contributed by atoms with Crippen molar-refractivity contribution in [2.24, 2.45) is 0 Å². The number of nitrogens with zero attached hydrogens (tertiary/aromatic N) is 1.